The van der Waals surface area contributed by atoms with E-state index < -0.39 is 31.5 Å². The highest BCUT2D eigenvalue weighted by molar-refractivity contribution is 7.54. The van der Waals surface area contributed by atoms with Gasteiger partial charge in [0.2, 0.25) is 0 Å². The lowest BCUT2D eigenvalue weighted by atomic mass is 10.2. The van der Waals surface area contributed by atoms with Crippen molar-refractivity contribution in [2.75, 3.05) is 14.2 Å². The van der Waals surface area contributed by atoms with E-state index in [0.717, 1.165) is 5.56 Å². The lowest BCUT2D eigenvalue weighted by Crippen LogP contribution is -2.40. The minimum Gasteiger partial charge on any atom is -0.467 e. The molecule has 1 amide bonds. The predicted molar refractivity (Wildman–Crippen MR) is 95.6 cm³/mol. The van der Waals surface area contributed by atoms with Gasteiger partial charge in [-0.2, -0.15) is 0 Å². The van der Waals surface area contributed by atoms with Crippen molar-refractivity contribution in [3.05, 3.63) is 35.9 Å². The summed E-state index contributed by atoms with van der Waals surface area (Å²) >= 11 is 0. The van der Waals surface area contributed by atoms with E-state index in [1.54, 1.807) is 13.8 Å². The van der Waals surface area contributed by atoms with E-state index in [0.29, 0.717) is 0 Å². The van der Waals surface area contributed by atoms with Crippen molar-refractivity contribution in [3.8, 4) is 0 Å². The van der Waals surface area contributed by atoms with Crippen molar-refractivity contribution in [2.45, 2.75) is 39.3 Å². The number of carbonyl (C=O) groups excluding carboxylic acids is 2. The Balaban J connectivity index is 2.79. The lowest BCUT2D eigenvalue weighted by Gasteiger charge is -2.30. The van der Waals surface area contributed by atoms with Gasteiger partial charge in [-0.1, -0.05) is 44.2 Å². The highest BCUT2D eigenvalue weighted by atomic mass is 31.2. The Labute approximate surface area is 153 Å². The van der Waals surface area contributed by atoms with Crippen LogP contribution in [0.25, 0.3) is 0 Å². The summed E-state index contributed by atoms with van der Waals surface area (Å²) in [6.45, 7) is 4.93. The van der Waals surface area contributed by atoms with Gasteiger partial charge in [0.1, 0.15) is 12.4 Å². The van der Waals surface area contributed by atoms with Gasteiger partial charge in [0, 0.05) is 7.11 Å². The standard InChI is InChI=1S/C17H26NO7P/c1-12(2)15(26(21,23-5)25-13(3)16(19)22-4)18-17(20)24-11-14-9-7-6-8-10-14/h6-10,12-13,15H,11H2,1-5H3,(H,18,20)/t13-,15-,26?/m0/s1. The van der Waals surface area contributed by atoms with Gasteiger partial charge in [-0.05, 0) is 18.4 Å². The number of hydrogen-bond donors (Lipinski definition) is 1. The van der Waals surface area contributed by atoms with Gasteiger partial charge < -0.3 is 19.3 Å². The number of methoxy groups -OCH3 is 1. The molecule has 146 valence electrons. The van der Waals surface area contributed by atoms with Gasteiger partial charge in [-0.25, -0.2) is 9.59 Å². The third-order valence-corrected chi connectivity index (χ3v) is 6.07. The summed E-state index contributed by atoms with van der Waals surface area (Å²) < 4.78 is 33.1. The summed E-state index contributed by atoms with van der Waals surface area (Å²) in [5.41, 5.74) is 0.814. The highest BCUT2D eigenvalue weighted by Crippen LogP contribution is 2.54. The molecule has 0 spiro atoms. The fourth-order valence-electron chi connectivity index (χ4n) is 2.15. The van der Waals surface area contributed by atoms with Crippen molar-refractivity contribution in [1.82, 2.24) is 5.32 Å². The molecule has 8 nitrogen and oxygen atoms in total. The highest BCUT2D eigenvalue weighted by Gasteiger charge is 2.41. The van der Waals surface area contributed by atoms with Crippen molar-refractivity contribution < 1.29 is 32.7 Å². The average molecular weight is 387 g/mol. The van der Waals surface area contributed by atoms with Crippen LogP contribution in [0.4, 0.5) is 4.79 Å². The van der Waals surface area contributed by atoms with Crippen LogP contribution >= 0.6 is 7.60 Å². The summed E-state index contributed by atoms with van der Waals surface area (Å²) in [7, 11) is -1.47. The molecule has 1 rings (SSSR count). The van der Waals surface area contributed by atoms with Gasteiger partial charge in [-0.15, -0.1) is 0 Å². The van der Waals surface area contributed by atoms with Crippen molar-refractivity contribution in [2.24, 2.45) is 5.92 Å². The van der Waals surface area contributed by atoms with Crippen LogP contribution in [0.2, 0.25) is 0 Å². The largest absolute Gasteiger partial charge is 0.467 e. The predicted octanol–water partition coefficient (Wildman–Crippen LogP) is 3.31. The molecule has 1 N–H and O–H groups in total. The van der Waals surface area contributed by atoms with Crippen molar-refractivity contribution in [1.29, 1.82) is 0 Å². The number of rotatable bonds is 9. The number of ether oxygens (including phenoxy) is 2. The van der Waals surface area contributed by atoms with Crippen LogP contribution in [0.1, 0.15) is 26.3 Å². The minimum absolute atomic E-state index is 0.0637. The van der Waals surface area contributed by atoms with Gasteiger partial charge in [-0.3, -0.25) is 9.09 Å². The number of benzene rings is 1. The number of hydrogen-bond acceptors (Lipinski definition) is 7. The van der Waals surface area contributed by atoms with E-state index >= 15 is 0 Å². The average Bonchev–Trinajstić information content (AvgIpc) is 2.64. The number of carbonyl (C=O) groups is 2. The summed E-state index contributed by atoms with van der Waals surface area (Å²) in [5.74, 6) is -2.01. The molecule has 0 bridgehead atoms. The monoisotopic (exact) mass is 387 g/mol. The van der Waals surface area contributed by atoms with E-state index in [2.05, 4.69) is 10.1 Å². The molecule has 0 aromatic heterocycles. The normalized spacial score (nSPS) is 15.6. The summed E-state index contributed by atoms with van der Waals surface area (Å²) in [5, 5.41) is 2.51. The lowest BCUT2D eigenvalue weighted by molar-refractivity contribution is -0.148. The van der Waals surface area contributed by atoms with Crippen molar-refractivity contribution in [3.63, 3.8) is 0 Å². The molecule has 0 saturated carbocycles. The molecule has 0 radical (unpaired) electrons. The van der Waals surface area contributed by atoms with Crippen molar-refractivity contribution >= 4 is 19.7 Å². The number of amides is 1. The molecule has 1 aromatic carbocycles. The van der Waals surface area contributed by atoms with E-state index in [1.165, 1.54) is 21.1 Å². The van der Waals surface area contributed by atoms with E-state index in [4.69, 9.17) is 13.8 Å². The SMILES string of the molecule is COC(=O)[C@H](C)OP(=O)(OC)[C@H](NC(=O)OCc1ccccc1)C(C)C. The first-order valence-corrected chi connectivity index (χ1v) is 9.73. The van der Waals surface area contributed by atoms with Gasteiger partial charge in [0.05, 0.1) is 7.11 Å². The Bertz CT molecular complexity index is 635. The first-order chi connectivity index (χ1) is 12.2. The molecule has 0 heterocycles. The van der Waals surface area contributed by atoms with E-state index in [-0.39, 0.29) is 12.5 Å². The van der Waals surface area contributed by atoms with Crippen LogP contribution < -0.4 is 5.32 Å². The maximum atomic E-state index is 13.0. The van der Waals surface area contributed by atoms with Crippen LogP contribution in [-0.2, 0) is 34.5 Å². The number of nitrogens with one attached hydrogen (secondary N) is 1. The summed E-state index contributed by atoms with van der Waals surface area (Å²) in [6, 6.07) is 9.14. The zero-order valence-electron chi connectivity index (χ0n) is 15.6. The molecule has 26 heavy (non-hydrogen) atoms. The second-order valence-electron chi connectivity index (χ2n) is 5.89. The number of alkyl carbamates (subject to hydrolysis) is 1. The van der Waals surface area contributed by atoms with Crippen LogP contribution in [0.15, 0.2) is 30.3 Å². The zero-order chi connectivity index (χ0) is 19.7. The molecule has 9 heteroatoms. The van der Waals surface area contributed by atoms with E-state index in [9.17, 15) is 14.2 Å². The quantitative estimate of drug-likeness (QED) is 0.512. The molecule has 0 aliphatic rings. The molecule has 0 fully saturated rings. The maximum absolute atomic E-state index is 13.0. The van der Waals surface area contributed by atoms with Crippen LogP contribution in [-0.4, -0.2) is 38.2 Å². The third kappa shape index (κ3) is 6.44. The van der Waals surface area contributed by atoms with Gasteiger partial charge in [0.15, 0.2) is 6.10 Å². The molecule has 1 unspecified atom stereocenters. The molecule has 0 aliphatic heterocycles. The molecular weight excluding hydrogens is 361 g/mol. The van der Waals surface area contributed by atoms with Crippen LogP contribution in [0.3, 0.4) is 0 Å². The van der Waals surface area contributed by atoms with Crippen LogP contribution in [0, 0.1) is 5.92 Å². The Kier molecular flexibility index (Phi) is 8.78. The fourth-order valence-corrected chi connectivity index (χ4v) is 4.11. The topological polar surface area (TPSA) is 100 Å². The Hall–Kier alpha value is -1.89. The van der Waals surface area contributed by atoms with Gasteiger partial charge >= 0.3 is 19.7 Å². The molecule has 0 saturated heterocycles. The van der Waals surface area contributed by atoms with E-state index in [1.807, 2.05) is 30.3 Å². The molecule has 3 atom stereocenters. The number of esters is 1. The smallest absolute Gasteiger partial charge is 0.408 e. The second-order valence-corrected chi connectivity index (χ2v) is 8.10. The third-order valence-electron chi connectivity index (χ3n) is 3.54. The Morgan fingerprint density at radius 2 is 1.73 bits per heavy atom. The fraction of sp³-hybridized carbons (Fsp3) is 0.529. The Morgan fingerprint density at radius 3 is 2.23 bits per heavy atom. The minimum atomic E-state index is -3.85. The molecule has 1 aromatic rings. The van der Waals surface area contributed by atoms with Gasteiger partial charge in [0.25, 0.3) is 0 Å². The summed E-state index contributed by atoms with van der Waals surface area (Å²) in [6.07, 6.45) is -1.88. The Morgan fingerprint density at radius 1 is 1.12 bits per heavy atom. The zero-order valence-corrected chi connectivity index (χ0v) is 16.5. The molecule has 0 aliphatic carbocycles. The molecular formula is C17H26NO7P. The maximum Gasteiger partial charge on any atom is 0.408 e. The first-order valence-electron chi connectivity index (χ1n) is 8.12. The summed E-state index contributed by atoms with van der Waals surface area (Å²) in [4.78, 5) is 23.7. The first kappa shape index (κ1) is 22.2. The van der Waals surface area contributed by atoms with Crippen LogP contribution in [0.5, 0.6) is 0 Å². The second kappa shape index (κ2) is 10.3.